The van der Waals surface area contributed by atoms with Crippen molar-refractivity contribution in [3.05, 3.63) is 0 Å². The smallest absolute Gasteiger partial charge is 0.334 e. The van der Waals surface area contributed by atoms with Crippen LogP contribution in [0.4, 0.5) is 0 Å². The zero-order chi connectivity index (χ0) is 21.1. The summed E-state index contributed by atoms with van der Waals surface area (Å²) in [5.41, 5.74) is 3.43. The SMILES string of the molecule is CO[Si](C)(CCCCCCCCN=NCCCCCCC#C[Si](C)(C)C)OC. The van der Waals surface area contributed by atoms with E-state index in [0.29, 0.717) is 0 Å². The van der Waals surface area contributed by atoms with Gasteiger partial charge in [-0.3, -0.25) is 0 Å². The van der Waals surface area contributed by atoms with Gasteiger partial charge in [-0.15, -0.1) is 11.5 Å². The minimum Gasteiger partial charge on any atom is -0.398 e. The lowest BCUT2D eigenvalue weighted by atomic mass is 10.1. The molecule has 0 saturated carbocycles. The molecule has 28 heavy (non-hydrogen) atoms. The van der Waals surface area contributed by atoms with Gasteiger partial charge in [0.15, 0.2) is 0 Å². The zero-order valence-electron chi connectivity index (χ0n) is 19.6. The summed E-state index contributed by atoms with van der Waals surface area (Å²) in [6, 6.07) is 1.10. The Bertz CT molecular complexity index is 450. The van der Waals surface area contributed by atoms with E-state index in [0.717, 1.165) is 32.0 Å². The Balaban J connectivity index is 3.33. The molecule has 4 nitrogen and oxygen atoms in total. The van der Waals surface area contributed by atoms with Gasteiger partial charge in [0.05, 0.1) is 13.1 Å². The van der Waals surface area contributed by atoms with Crippen molar-refractivity contribution in [1.82, 2.24) is 0 Å². The summed E-state index contributed by atoms with van der Waals surface area (Å²) in [5.74, 6) is 3.34. The molecule has 0 aliphatic rings. The monoisotopic (exact) mass is 426 g/mol. The topological polar surface area (TPSA) is 43.2 Å². The van der Waals surface area contributed by atoms with Gasteiger partial charge in [0, 0.05) is 20.6 Å². The first-order valence-corrected chi connectivity index (χ1v) is 17.3. The van der Waals surface area contributed by atoms with E-state index in [4.69, 9.17) is 8.85 Å². The number of hydrogen-bond donors (Lipinski definition) is 0. The fraction of sp³-hybridized carbons (Fsp3) is 0.909. The summed E-state index contributed by atoms with van der Waals surface area (Å²) in [6.45, 7) is 10.8. The number of azo groups is 1. The van der Waals surface area contributed by atoms with Gasteiger partial charge < -0.3 is 8.85 Å². The zero-order valence-corrected chi connectivity index (χ0v) is 21.6. The predicted octanol–water partition coefficient (Wildman–Crippen LogP) is 6.98. The summed E-state index contributed by atoms with van der Waals surface area (Å²) >= 11 is 0. The van der Waals surface area contributed by atoms with E-state index in [9.17, 15) is 0 Å². The molecule has 0 atom stereocenters. The fourth-order valence-corrected chi connectivity index (χ4v) is 4.96. The highest BCUT2D eigenvalue weighted by Gasteiger charge is 2.27. The van der Waals surface area contributed by atoms with Crippen LogP contribution >= 0.6 is 0 Å². The van der Waals surface area contributed by atoms with Gasteiger partial charge in [-0.2, -0.15) is 10.2 Å². The molecular formula is C22H46N2O2Si2. The van der Waals surface area contributed by atoms with Crippen LogP contribution in [0.2, 0.25) is 32.2 Å². The van der Waals surface area contributed by atoms with Crippen LogP contribution in [-0.2, 0) is 8.85 Å². The molecule has 0 heterocycles. The molecule has 164 valence electrons. The van der Waals surface area contributed by atoms with E-state index in [1.165, 1.54) is 57.8 Å². The van der Waals surface area contributed by atoms with Crippen molar-refractivity contribution in [3.8, 4) is 11.5 Å². The summed E-state index contributed by atoms with van der Waals surface area (Å²) in [5, 5.41) is 8.62. The van der Waals surface area contributed by atoms with Crippen molar-refractivity contribution in [3.63, 3.8) is 0 Å². The van der Waals surface area contributed by atoms with Crippen LogP contribution in [0.15, 0.2) is 10.2 Å². The average Bonchev–Trinajstić information content (AvgIpc) is 2.66. The lowest BCUT2D eigenvalue weighted by Crippen LogP contribution is -2.35. The molecule has 0 radical (unpaired) electrons. The average molecular weight is 427 g/mol. The van der Waals surface area contributed by atoms with Crippen molar-refractivity contribution in [2.75, 3.05) is 27.3 Å². The van der Waals surface area contributed by atoms with Crippen molar-refractivity contribution in [1.29, 1.82) is 0 Å². The van der Waals surface area contributed by atoms with Crippen molar-refractivity contribution in [2.45, 2.75) is 103 Å². The van der Waals surface area contributed by atoms with Crippen molar-refractivity contribution < 1.29 is 8.85 Å². The quantitative estimate of drug-likeness (QED) is 0.109. The Labute approximate surface area is 177 Å². The van der Waals surface area contributed by atoms with Gasteiger partial charge in [-0.25, -0.2) is 0 Å². The van der Waals surface area contributed by atoms with Crippen LogP contribution in [0.25, 0.3) is 0 Å². The Morgan fingerprint density at radius 3 is 1.61 bits per heavy atom. The van der Waals surface area contributed by atoms with Gasteiger partial charge in [0.25, 0.3) is 0 Å². The van der Waals surface area contributed by atoms with Crippen LogP contribution in [0.1, 0.15) is 70.6 Å². The van der Waals surface area contributed by atoms with Gasteiger partial charge in [-0.1, -0.05) is 64.6 Å². The predicted molar refractivity (Wildman–Crippen MR) is 127 cm³/mol. The first kappa shape index (κ1) is 27.5. The fourth-order valence-electron chi connectivity index (χ4n) is 2.84. The van der Waals surface area contributed by atoms with E-state index in [-0.39, 0.29) is 0 Å². The van der Waals surface area contributed by atoms with E-state index >= 15 is 0 Å². The lowest BCUT2D eigenvalue weighted by Gasteiger charge is -2.22. The van der Waals surface area contributed by atoms with Crippen LogP contribution < -0.4 is 0 Å². The number of unbranched alkanes of at least 4 members (excludes halogenated alkanes) is 9. The molecule has 0 unspecified atom stereocenters. The molecule has 0 saturated heterocycles. The second-order valence-corrected chi connectivity index (χ2v) is 17.2. The standard InChI is InChI=1S/C22H46N2O2Si2/c1-25-28(6,26-2)22-18-14-10-8-12-16-20-24-23-19-15-11-7-9-13-17-21-27(3,4)5/h7-16,18-20,22H2,1-6H3. The summed E-state index contributed by atoms with van der Waals surface area (Å²) in [7, 11) is 0.529. The molecule has 0 spiro atoms. The number of rotatable bonds is 17. The Morgan fingerprint density at radius 2 is 1.11 bits per heavy atom. The molecule has 0 aromatic rings. The third-order valence-electron chi connectivity index (χ3n) is 4.88. The molecule has 0 amide bonds. The highest BCUT2D eigenvalue weighted by molar-refractivity contribution is 6.83. The maximum atomic E-state index is 5.52. The van der Waals surface area contributed by atoms with Gasteiger partial charge in [0.1, 0.15) is 8.07 Å². The molecule has 0 fully saturated rings. The minimum absolute atomic E-state index is 0.891. The molecule has 0 rings (SSSR count). The van der Waals surface area contributed by atoms with Gasteiger partial charge in [-0.05, 0) is 31.9 Å². The maximum absolute atomic E-state index is 5.52. The third-order valence-corrected chi connectivity index (χ3v) is 8.79. The molecule has 6 heteroatoms. The van der Waals surface area contributed by atoms with Gasteiger partial charge >= 0.3 is 8.56 Å². The van der Waals surface area contributed by atoms with E-state index in [2.05, 4.69) is 47.9 Å². The first-order valence-electron chi connectivity index (χ1n) is 11.3. The third kappa shape index (κ3) is 18.9. The van der Waals surface area contributed by atoms with Crippen LogP contribution in [0.3, 0.4) is 0 Å². The van der Waals surface area contributed by atoms with Crippen molar-refractivity contribution in [2.24, 2.45) is 10.2 Å². The first-order chi connectivity index (χ1) is 13.3. The summed E-state index contributed by atoms with van der Waals surface area (Å²) < 4.78 is 11.0. The highest BCUT2D eigenvalue weighted by Crippen LogP contribution is 2.17. The largest absolute Gasteiger partial charge is 0.398 e. The molecule has 0 aromatic carbocycles. The molecule has 0 N–H and O–H groups in total. The van der Waals surface area contributed by atoms with Gasteiger partial charge in [0.2, 0.25) is 0 Å². The Kier molecular flexibility index (Phi) is 17.1. The minimum atomic E-state index is -1.85. The highest BCUT2D eigenvalue weighted by atomic mass is 28.4. The molecule has 0 bridgehead atoms. The Morgan fingerprint density at radius 1 is 0.643 bits per heavy atom. The second-order valence-electron chi connectivity index (χ2n) is 8.86. The van der Waals surface area contributed by atoms with Crippen LogP contribution in [-0.4, -0.2) is 43.9 Å². The van der Waals surface area contributed by atoms with Crippen LogP contribution in [0, 0.1) is 11.5 Å². The lowest BCUT2D eigenvalue weighted by molar-refractivity contribution is 0.248. The molecular weight excluding hydrogens is 380 g/mol. The summed E-state index contributed by atoms with van der Waals surface area (Å²) in [4.78, 5) is 0. The Hall–Kier alpha value is -0.486. The normalized spacial score (nSPS) is 12.4. The second kappa shape index (κ2) is 17.4. The van der Waals surface area contributed by atoms with E-state index in [1.807, 2.05) is 0 Å². The van der Waals surface area contributed by atoms with Crippen LogP contribution in [0.5, 0.6) is 0 Å². The number of nitrogens with zero attached hydrogens (tertiary/aromatic N) is 2. The molecule has 0 aromatic heterocycles. The molecule has 0 aliphatic carbocycles. The van der Waals surface area contributed by atoms with E-state index in [1.54, 1.807) is 14.2 Å². The van der Waals surface area contributed by atoms with Crippen molar-refractivity contribution >= 4 is 16.6 Å². The van der Waals surface area contributed by atoms with E-state index < -0.39 is 16.6 Å². The number of hydrogen-bond acceptors (Lipinski definition) is 4. The molecule has 0 aliphatic heterocycles. The maximum Gasteiger partial charge on any atom is 0.334 e. The summed E-state index contributed by atoms with van der Waals surface area (Å²) in [6.07, 6.45) is 13.5.